The zero-order valence-electron chi connectivity index (χ0n) is 19.9. The molecular formula is C27H17Cl5F3NO3. The minimum atomic E-state index is -1.51. The molecule has 0 saturated heterocycles. The number of benzene rings is 3. The van der Waals surface area contributed by atoms with E-state index in [2.05, 4.69) is 5.32 Å². The van der Waals surface area contributed by atoms with Gasteiger partial charge in [0.1, 0.15) is 27.6 Å². The second-order valence-electron chi connectivity index (χ2n) is 9.12. The first-order valence-electron chi connectivity index (χ1n) is 11.3. The Balaban J connectivity index is 1.58. The van der Waals surface area contributed by atoms with Gasteiger partial charge in [-0.05, 0) is 54.4 Å². The molecule has 0 heterocycles. The molecule has 0 radical (unpaired) electrons. The normalized spacial score (nSPS) is 17.6. The van der Waals surface area contributed by atoms with Gasteiger partial charge in [-0.3, -0.25) is 14.4 Å². The summed E-state index contributed by atoms with van der Waals surface area (Å²) in [5.74, 6) is -6.74. The van der Waals surface area contributed by atoms with E-state index in [-0.39, 0.29) is 23.5 Å². The van der Waals surface area contributed by atoms with E-state index < -0.39 is 67.9 Å². The summed E-state index contributed by atoms with van der Waals surface area (Å²) < 4.78 is 42.4. The number of anilines is 1. The number of rotatable bonds is 8. The van der Waals surface area contributed by atoms with E-state index in [0.29, 0.717) is 15.6 Å². The molecule has 0 aromatic heterocycles. The van der Waals surface area contributed by atoms with Crippen LogP contribution in [0.3, 0.4) is 0 Å². The maximum Gasteiger partial charge on any atom is 0.231 e. The molecule has 0 spiro atoms. The summed E-state index contributed by atoms with van der Waals surface area (Å²) in [4.78, 5) is 37.4. The molecule has 1 N–H and O–H groups in total. The Morgan fingerprint density at radius 2 is 1.54 bits per heavy atom. The quantitative estimate of drug-likeness (QED) is 0.200. The van der Waals surface area contributed by atoms with Crippen molar-refractivity contribution in [3.63, 3.8) is 0 Å². The molecule has 1 aliphatic carbocycles. The zero-order chi connectivity index (χ0) is 28.8. The summed E-state index contributed by atoms with van der Waals surface area (Å²) in [7, 11) is 0. The van der Waals surface area contributed by atoms with Crippen LogP contribution < -0.4 is 5.32 Å². The number of nitrogens with one attached hydrogen (secondary N) is 1. The third-order valence-corrected chi connectivity index (χ3v) is 7.98. The lowest BCUT2D eigenvalue weighted by molar-refractivity contribution is -0.117. The third kappa shape index (κ3) is 6.23. The Morgan fingerprint density at radius 1 is 0.897 bits per heavy atom. The summed E-state index contributed by atoms with van der Waals surface area (Å²) in [6.45, 7) is 1.24. The number of carbonyl (C=O) groups is 3. The van der Waals surface area contributed by atoms with Crippen LogP contribution in [0.25, 0.3) is 0 Å². The topological polar surface area (TPSA) is 63.2 Å². The summed E-state index contributed by atoms with van der Waals surface area (Å²) >= 11 is 30.8. The second kappa shape index (κ2) is 11.3. The molecule has 204 valence electrons. The van der Waals surface area contributed by atoms with Crippen LogP contribution in [0.5, 0.6) is 0 Å². The highest BCUT2D eigenvalue weighted by Gasteiger charge is 2.67. The lowest BCUT2D eigenvalue weighted by Gasteiger charge is -2.12. The van der Waals surface area contributed by atoms with Gasteiger partial charge in [-0.1, -0.05) is 40.9 Å². The average Bonchev–Trinajstić information content (AvgIpc) is 3.41. The lowest BCUT2D eigenvalue weighted by atomic mass is 9.98. The molecule has 39 heavy (non-hydrogen) atoms. The second-order valence-corrected chi connectivity index (χ2v) is 11.8. The van der Waals surface area contributed by atoms with Crippen LogP contribution in [0.1, 0.15) is 39.9 Å². The number of carbonyl (C=O) groups excluding carboxylic acids is 3. The number of amides is 1. The Bertz CT molecular complexity index is 1510. The van der Waals surface area contributed by atoms with Gasteiger partial charge in [0, 0.05) is 45.6 Å². The van der Waals surface area contributed by atoms with Crippen molar-refractivity contribution in [3.8, 4) is 0 Å². The summed E-state index contributed by atoms with van der Waals surface area (Å²) in [5, 5.41) is 2.49. The maximum absolute atomic E-state index is 14.8. The number of ketones is 2. The van der Waals surface area contributed by atoms with Crippen LogP contribution >= 0.6 is 58.0 Å². The van der Waals surface area contributed by atoms with Crippen LogP contribution in [-0.4, -0.2) is 21.8 Å². The van der Waals surface area contributed by atoms with Gasteiger partial charge in [0.15, 0.2) is 5.78 Å². The average molecular weight is 638 g/mol. The molecule has 4 nitrogen and oxygen atoms in total. The fraction of sp³-hybridized carbons (Fsp3) is 0.222. The van der Waals surface area contributed by atoms with Crippen LogP contribution in [0.15, 0.2) is 42.5 Å². The SMILES string of the molecule is CC(=O)Cc1ccc(F)c(CC(=O)c2cc(NC(=O)[C@H]3[C@H](c4cc(Cl)cc(Cl)c4)C3(Cl)Cl)cc(F)c2Cl)c1F. The number of hydrogen-bond acceptors (Lipinski definition) is 3. The smallest absolute Gasteiger partial charge is 0.231 e. The molecule has 1 saturated carbocycles. The van der Waals surface area contributed by atoms with Crippen LogP contribution in [-0.2, 0) is 22.4 Å². The molecule has 1 aliphatic rings. The van der Waals surface area contributed by atoms with Crippen molar-refractivity contribution in [1.29, 1.82) is 0 Å². The highest BCUT2D eigenvalue weighted by Crippen LogP contribution is 2.65. The van der Waals surface area contributed by atoms with Gasteiger partial charge in [-0.25, -0.2) is 13.2 Å². The minimum absolute atomic E-state index is 0.0874. The van der Waals surface area contributed by atoms with Crippen molar-refractivity contribution in [3.05, 3.63) is 97.2 Å². The Labute approximate surface area is 246 Å². The molecule has 0 unspecified atom stereocenters. The number of halogens is 8. The van der Waals surface area contributed by atoms with Gasteiger partial charge in [0.05, 0.1) is 10.9 Å². The van der Waals surface area contributed by atoms with E-state index >= 15 is 0 Å². The molecule has 2 atom stereocenters. The van der Waals surface area contributed by atoms with Gasteiger partial charge in [-0.15, -0.1) is 23.2 Å². The monoisotopic (exact) mass is 635 g/mol. The van der Waals surface area contributed by atoms with E-state index in [9.17, 15) is 27.6 Å². The fourth-order valence-corrected chi connectivity index (χ4v) is 5.96. The van der Waals surface area contributed by atoms with E-state index in [0.717, 1.165) is 24.3 Å². The molecular weight excluding hydrogens is 621 g/mol. The first-order chi connectivity index (χ1) is 18.2. The summed E-state index contributed by atoms with van der Waals surface area (Å²) in [6, 6.07) is 8.63. The predicted octanol–water partition coefficient (Wildman–Crippen LogP) is 8.15. The van der Waals surface area contributed by atoms with E-state index in [1.54, 1.807) is 12.1 Å². The standard InChI is InChI=1S/C27H17Cl5F3NO3/c1-11(37)4-12-2-3-19(33)17(25(12)35)10-21(38)18-8-16(9-20(34)24(18)30)36-26(39)23-22(27(23,31)32)13-5-14(28)7-15(29)6-13/h2-3,5-9,22-23H,4,10H2,1H3,(H,36,39)/t22-,23+/m0/s1. The maximum atomic E-state index is 14.8. The Hall–Kier alpha value is -2.29. The molecule has 4 rings (SSSR count). The Morgan fingerprint density at radius 3 is 2.15 bits per heavy atom. The first kappa shape index (κ1) is 29.7. The van der Waals surface area contributed by atoms with Crippen LogP contribution in [0.2, 0.25) is 15.1 Å². The van der Waals surface area contributed by atoms with Gasteiger partial charge in [0.25, 0.3) is 0 Å². The largest absolute Gasteiger partial charge is 0.326 e. The van der Waals surface area contributed by atoms with Gasteiger partial charge >= 0.3 is 0 Å². The van der Waals surface area contributed by atoms with E-state index in [1.807, 2.05) is 0 Å². The molecule has 3 aromatic carbocycles. The van der Waals surface area contributed by atoms with Crippen LogP contribution in [0, 0.1) is 23.4 Å². The molecule has 3 aromatic rings. The molecule has 1 amide bonds. The summed E-state index contributed by atoms with van der Waals surface area (Å²) in [5.41, 5.74) is -0.739. The highest BCUT2D eigenvalue weighted by molar-refractivity contribution is 6.53. The minimum Gasteiger partial charge on any atom is -0.326 e. The van der Waals surface area contributed by atoms with Gasteiger partial charge < -0.3 is 5.32 Å². The number of Topliss-reactive ketones (excluding diaryl/α,β-unsaturated/α-hetero) is 2. The molecule has 1 fully saturated rings. The van der Waals surface area contributed by atoms with Crippen molar-refractivity contribution in [2.45, 2.75) is 30.0 Å². The number of hydrogen-bond donors (Lipinski definition) is 1. The van der Waals surface area contributed by atoms with Crippen molar-refractivity contribution < 1.29 is 27.6 Å². The molecule has 0 aliphatic heterocycles. The highest BCUT2D eigenvalue weighted by atomic mass is 35.5. The molecule has 12 heteroatoms. The lowest BCUT2D eigenvalue weighted by Crippen LogP contribution is -2.18. The Kier molecular flexibility index (Phi) is 8.60. The fourth-order valence-electron chi connectivity index (χ4n) is 4.38. The van der Waals surface area contributed by atoms with Crippen molar-refractivity contribution in [2.75, 3.05) is 5.32 Å². The van der Waals surface area contributed by atoms with Gasteiger partial charge in [0.2, 0.25) is 5.91 Å². The first-order valence-corrected chi connectivity index (χ1v) is 13.2. The number of alkyl halides is 2. The van der Waals surface area contributed by atoms with E-state index in [1.165, 1.54) is 13.0 Å². The van der Waals surface area contributed by atoms with Crippen LogP contribution in [0.4, 0.5) is 18.9 Å². The third-order valence-electron chi connectivity index (χ3n) is 6.22. The van der Waals surface area contributed by atoms with Crippen molar-refractivity contribution in [1.82, 2.24) is 0 Å². The van der Waals surface area contributed by atoms with E-state index in [4.69, 9.17) is 58.0 Å². The van der Waals surface area contributed by atoms with Gasteiger partial charge in [-0.2, -0.15) is 0 Å². The van der Waals surface area contributed by atoms with Crippen molar-refractivity contribution >= 4 is 81.2 Å². The predicted molar refractivity (Wildman–Crippen MR) is 146 cm³/mol. The zero-order valence-corrected chi connectivity index (χ0v) is 23.6. The molecule has 0 bridgehead atoms. The summed E-state index contributed by atoms with van der Waals surface area (Å²) in [6.07, 6.45) is -1.11. The van der Waals surface area contributed by atoms with Crippen molar-refractivity contribution in [2.24, 2.45) is 5.92 Å².